The first-order valence-corrected chi connectivity index (χ1v) is 8.13. The normalized spacial score (nSPS) is 14.8. The van der Waals surface area contributed by atoms with E-state index in [2.05, 4.69) is 0 Å². The molecule has 2 rings (SSSR count). The smallest absolute Gasteiger partial charge is 0.341 e. The number of carbonyl (C=O) groups excluding carboxylic acids is 2. The van der Waals surface area contributed by atoms with Crippen LogP contribution in [0.15, 0.2) is 29.8 Å². The fourth-order valence-corrected chi connectivity index (χ4v) is 2.81. The van der Waals surface area contributed by atoms with Crippen LogP contribution in [0.2, 0.25) is 0 Å². The van der Waals surface area contributed by atoms with Gasteiger partial charge in [-0.2, -0.15) is 0 Å². The Hall–Kier alpha value is -2.74. The first-order valence-electron chi connectivity index (χ1n) is 7.73. The quantitative estimate of drug-likeness (QED) is 0.469. The number of amides is 2. The highest BCUT2D eigenvalue weighted by molar-refractivity contribution is 7.80. The lowest BCUT2D eigenvalue weighted by atomic mass is 10.1. The second-order valence-electron chi connectivity index (χ2n) is 5.19. The number of aliphatic carboxylic acids is 1. The van der Waals surface area contributed by atoms with Gasteiger partial charge in [-0.15, -0.1) is 0 Å². The lowest BCUT2D eigenvalue weighted by Crippen LogP contribution is -2.55. The zero-order valence-corrected chi connectivity index (χ0v) is 14.7. The van der Waals surface area contributed by atoms with Crippen LogP contribution in [0.3, 0.4) is 0 Å². The molecule has 0 aliphatic carbocycles. The van der Waals surface area contributed by atoms with Crippen molar-refractivity contribution in [2.45, 2.75) is 13.8 Å². The molecule has 0 bridgehead atoms. The van der Waals surface area contributed by atoms with E-state index in [1.54, 1.807) is 38.1 Å². The molecule has 1 aromatic carbocycles. The number of likely N-dealkylation sites (N-methyl/N-ethyl adjacent to an activating group) is 2. The van der Waals surface area contributed by atoms with Gasteiger partial charge in [0.25, 0.3) is 11.8 Å². The van der Waals surface area contributed by atoms with Crippen LogP contribution in [-0.2, 0) is 14.4 Å². The monoisotopic (exact) mass is 362 g/mol. The summed E-state index contributed by atoms with van der Waals surface area (Å²) in [5.74, 6) is -1.65. The van der Waals surface area contributed by atoms with Crippen LogP contribution < -0.4 is 4.74 Å². The summed E-state index contributed by atoms with van der Waals surface area (Å²) in [4.78, 5) is 38.4. The minimum atomic E-state index is -1.09. The van der Waals surface area contributed by atoms with Gasteiger partial charge < -0.3 is 9.84 Å². The number of nitrogens with zero attached hydrogens (tertiary/aromatic N) is 2. The maximum Gasteiger partial charge on any atom is 0.341 e. The van der Waals surface area contributed by atoms with Gasteiger partial charge in [-0.05, 0) is 49.8 Å². The van der Waals surface area contributed by atoms with Gasteiger partial charge in [0, 0.05) is 13.1 Å². The summed E-state index contributed by atoms with van der Waals surface area (Å²) in [5.41, 5.74) is 0.562. The van der Waals surface area contributed by atoms with Crippen LogP contribution in [0, 0.1) is 0 Å². The minimum absolute atomic E-state index is 0.00712. The Kier molecular flexibility index (Phi) is 5.87. The molecule has 2 amide bonds. The van der Waals surface area contributed by atoms with E-state index in [9.17, 15) is 14.4 Å². The van der Waals surface area contributed by atoms with E-state index in [4.69, 9.17) is 22.1 Å². The van der Waals surface area contributed by atoms with Gasteiger partial charge >= 0.3 is 5.97 Å². The zero-order valence-electron chi connectivity index (χ0n) is 13.9. The first kappa shape index (κ1) is 18.6. The van der Waals surface area contributed by atoms with Crippen molar-refractivity contribution in [3.8, 4) is 5.75 Å². The Balaban J connectivity index is 2.36. The molecule has 0 saturated carbocycles. The maximum atomic E-state index is 12.6. The van der Waals surface area contributed by atoms with E-state index in [1.807, 2.05) is 0 Å². The highest BCUT2D eigenvalue weighted by Gasteiger charge is 2.37. The summed E-state index contributed by atoms with van der Waals surface area (Å²) in [5, 5.41) is 8.87. The van der Waals surface area contributed by atoms with Gasteiger partial charge in [0.2, 0.25) is 0 Å². The van der Waals surface area contributed by atoms with E-state index >= 15 is 0 Å². The van der Waals surface area contributed by atoms with Gasteiger partial charge in [0.05, 0.1) is 0 Å². The topological polar surface area (TPSA) is 87.1 Å². The molecular formula is C17H18N2O5S. The third-order valence-electron chi connectivity index (χ3n) is 3.58. The van der Waals surface area contributed by atoms with Crippen molar-refractivity contribution in [2.24, 2.45) is 0 Å². The molecule has 1 aromatic rings. The van der Waals surface area contributed by atoms with E-state index in [0.717, 1.165) is 0 Å². The number of benzene rings is 1. The van der Waals surface area contributed by atoms with Gasteiger partial charge in [-0.3, -0.25) is 19.4 Å². The molecule has 1 heterocycles. The van der Waals surface area contributed by atoms with Crippen LogP contribution in [0.5, 0.6) is 5.75 Å². The van der Waals surface area contributed by atoms with E-state index < -0.39 is 24.4 Å². The molecule has 1 aliphatic heterocycles. The summed E-state index contributed by atoms with van der Waals surface area (Å²) in [6, 6.07) is 6.51. The molecule has 25 heavy (non-hydrogen) atoms. The summed E-state index contributed by atoms with van der Waals surface area (Å²) >= 11 is 5.21. The summed E-state index contributed by atoms with van der Waals surface area (Å²) in [6.07, 6.45) is 1.46. The van der Waals surface area contributed by atoms with Crippen molar-refractivity contribution in [2.75, 3.05) is 19.7 Å². The molecule has 1 fully saturated rings. The molecule has 132 valence electrons. The Morgan fingerprint density at radius 2 is 1.80 bits per heavy atom. The number of hydrogen-bond acceptors (Lipinski definition) is 5. The molecule has 1 N–H and O–H groups in total. The number of rotatable bonds is 6. The average molecular weight is 362 g/mol. The SMILES string of the molecule is CCN1C(=O)C(=Cc2cccc(OCC(=O)O)c2)C(=O)N(CC)C1=S. The van der Waals surface area contributed by atoms with Gasteiger partial charge in [0.1, 0.15) is 11.3 Å². The summed E-state index contributed by atoms with van der Waals surface area (Å²) in [7, 11) is 0. The van der Waals surface area contributed by atoms with E-state index in [0.29, 0.717) is 24.4 Å². The molecule has 0 spiro atoms. The summed E-state index contributed by atoms with van der Waals surface area (Å²) in [6.45, 7) is 3.82. The average Bonchev–Trinajstić information content (AvgIpc) is 2.58. The van der Waals surface area contributed by atoms with Crippen molar-refractivity contribution >= 4 is 41.2 Å². The number of hydrogen-bond donors (Lipinski definition) is 1. The fraction of sp³-hybridized carbons (Fsp3) is 0.294. The van der Waals surface area contributed by atoms with E-state index in [1.165, 1.54) is 15.9 Å². The van der Waals surface area contributed by atoms with Gasteiger partial charge in [0.15, 0.2) is 11.7 Å². The molecule has 7 nitrogen and oxygen atoms in total. The van der Waals surface area contributed by atoms with Gasteiger partial charge in [-0.1, -0.05) is 12.1 Å². The standard InChI is InChI=1S/C17H18N2O5S/c1-3-18-15(22)13(16(23)19(4-2)17(18)25)9-11-6-5-7-12(8-11)24-10-14(20)21/h5-9H,3-4,10H2,1-2H3,(H,20,21). The zero-order chi connectivity index (χ0) is 18.6. The molecule has 0 atom stereocenters. The predicted molar refractivity (Wildman–Crippen MR) is 94.9 cm³/mol. The molecule has 1 aliphatic rings. The van der Waals surface area contributed by atoms with Crippen molar-refractivity contribution in [3.63, 3.8) is 0 Å². The van der Waals surface area contributed by atoms with Crippen LogP contribution in [-0.4, -0.2) is 57.5 Å². The maximum absolute atomic E-state index is 12.6. The third-order valence-corrected chi connectivity index (χ3v) is 4.02. The molecule has 1 saturated heterocycles. The largest absolute Gasteiger partial charge is 0.482 e. The predicted octanol–water partition coefficient (Wildman–Crippen LogP) is 1.53. The number of thiocarbonyl (C=S) groups is 1. The molecule has 8 heteroatoms. The number of carboxylic acid groups (broad SMARTS) is 1. The number of carboxylic acids is 1. The van der Waals surface area contributed by atoms with Crippen LogP contribution in [0.1, 0.15) is 19.4 Å². The van der Waals surface area contributed by atoms with Crippen LogP contribution in [0.25, 0.3) is 6.08 Å². The third kappa shape index (κ3) is 4.03. The molecule has 0 unspecified atom stereocenters. The first-order chi connectivity index (χ1) is 11.9. The van der Waals surface area contributed by atoms with Crippen LogP contribution in [0.4, 0.5) is 0 Å². The second kappa shape index (κ2) is 7.89. The Morgan fingerprint density at radius 3 is 2.32 bits per heavy atom. The van der Waals surface area contributed by atoms with Crippen molar-refractivity contribution in [3.05, 3.63) is 35.4 Å². The Bertz CT molecular complexity index is 731. The lowest BCUT2D eigenvalue weighted by Gasteiger charge is -2.35. The minimum Gasteiger partial charge on any atom is -0.482 e. The fourth-order valence-electron chi connectivity index (χ4n) is 2.39. The lowest BCUT2D eigenvalue weighted by molar-refractivity contribution is -0.139. The van der Waals surface area contributed by atoms with Crippen molar-refractivity contribution < 1.29 is 24.2 Å². The Labute approximate surface area is 150 Å². The Morgan fingerprint density at radius 1 is 1.20 bits per heavy atom. The molecular weight excluding hydrogens is 344 g/mol. The van der Waals surface area contributed by atoms with Gasteiger partial charge in [-0.25, -0.2) is 4.79 Å². The number of ether oxygens (including phenoxy) is 1. The molecule has 0 aromatic heterocycles. The molecule has 0 radical (unpaired) electrons. The highest BCUT2D eigenvalue weighted by atomic mass is 32.1. The highest BCUT2D eigenvalue weighted by Crippen LogP contribution is 2.22. The second-order valence-corrected chi connectivity index (χ2v) is 5.56. The van der Waals surface area contributed by atoms with Crippen LogP contribution >= 0.6 is 12.2 Å². The van der Waals surface area contributed by atoms with Crippen molar-refractivity contribution in [1.29, 1.82) is 0 Å². The van der Waals surface area contributed by atoms with E-state index in [-0.39, 0.29) is 10.7 Å². The summed E-state index contributed by atoms with van der Waals surface area (Å²) < 4.78 is 5.11. The number of carbonyl (C=O) groups is 3. The van der Waals surface area contributed by atoms with Crippen molar-refractivity contribution in [1.82, 2.24) is 9.80 Å².